The van der Waals surface area contributed by atoms with Crippen LogP contribution in [0.2, 0.25) is 0 Å². The van der Waals surface area contributed by atoms with Crippen molar-refractivity contribution in [2.45, 2.75) is 24.7 Å². The van der Waals surface area contributed by atoms with Crippen LogP contribution in [-0.2, 0) is 11.3 Å². The molecule has 0 fully saturated rings. The number of hydrogen-bond acceptors (Lipinski definition) is 8. The van der Waals surface area contributed by atoms with Crippen LogP contribution in [0.1, 0.15) is 29.8 Å². The van der Waals surface area contributed by atoms with Crippen molar-refractivity contribution < 1.29 is 19.1 Å². The van der Waals surface area contributed by atoms with Gasteiger partial charge in [-0.15, -0.1) is 10.2 Å². The lowest BCUT2D eigenvalue weighted by atomic mass is 10.2. The van der Waals surface area contributed by atoms with Crippen LogP contribution in [0.3, 0.4) is 0 Å². The van der Waals surface area contributed by atoms with Gasteiger partial charge in [-0.1, -0.05) is 53.4 Å². The second kappa shape index (κ2) is 12.1. The Balaban J connectivity index is 1.51. The molecule has 0 aliphatic carbocycles. The summed E-state index contributed by atoms with van der Waals surface area (Å²) in [6.45, 7) is 5.19. The largest absolute Gasteiger partial charge is 0.490 e. The third-order valence-corrected chi connectivity index (χ3v) is 6.06. The number of thioether (sulfide) groups is 1. The first-order valence-corrected chi connectivity index (χ1v) is 11.9. The number of benzene rings is 2. The number of aromatic nitrogens is 2. The summed E-state index contributed by atoms with van der Waals surface area (Å²) in [5.41, 5.74) is 1.45. The van der Waals surface area contributed by atoms with Crippen molar-refractivity contribution in [1.82, 2.24) is 15.5 Å². The number of hydrogen-bond donors (Lipinski definition) is 2. The Hall–Kier alpha value is -3.11. The number of ether oxygens (including phenoxy) is 2. The van der Waals surface area contributed by atoms with E-state index in [0.29, 0.717) is 46.3 Å². The summed E-state index contributed by atoms with van der Waals surface area (Å²) in [7, 11) is 0. The third-order valence-electron chi connectivity index (χ3n) is 4.09. The highest BCUT2D eigenvalue weighted by Gasteiger charge is 2.14. The molecule has 0 atom stereocenters. The van der Waals surface area contributed by atoms with E-state index in [1.807, 2.05) is 44.2 Å². The van der Waals surface area contributed by atoms with Crippen molar-refractivity contribution >= 4 is 40.0 Å². The predicted molar refractivity (Wildman–Crippen MR) is 126 cm³/mol. The highest BCUT2D eigenvalue weighted by Crippen LogP contribution is 2.30. The summed E-state index contributed by atoms with van der Waals surface area (Å²) < 4.78 is 11.7. The summed E-state index contributed by atoms with van der Waals surface area (Å²) in [6.07, 6.45) is 0. The predicted octanol–water partition coefficient (Wildman–Crippen LogP) is 4.00. The molecule has 168 valence electrons. The molecule has 0 saturated carbocycles. The first kappa shape index (κ1) is 23.6. The molecule has 1 aromatic heterocycles. The molecular formula is C22H24N4O4S2. The molecule has 1 heterocycles. The van der Waals surface area contributed by atoms with Gasteiger partial charge in [0.25, 0.3) is 5.91 Å². The SMILES string of the molecule is CCOc1ccc(C(=O)Nc2nnc(SCC(=O)NCc3ccccc3)s2)cc1OCC. The second-order valence-electron chi connectivity index (χ2n) is 6.41. The molecule has 10 heteroatoms. The molecule has 0 saturated heterocycles. The monoisotopic (exact) mass is 472 g/mol. The van der Waals surface area contributed by atoms with E-state index in [-0.39, 0.29) is 17.6 Å². The zero-order valence-electron chi connectivity index (χ0n) is 17.8. The smallest absolute Gasteiger partial charge is 0.257 e. The second-order valence-corrected chi connectivity index (χ2v) is 8.61. The number of nitrogens with one attached hydrogen (secondary N) is 2. The highest BCUT2D eigenvalue weighted by atomic mass is 32.2. The summed E-state index contributed by atoms with van der Waals surface area (Å²) in [5, 5.41) is 14.0. The van der Waals surface area contributed by atoms with Crippen LogP contribution in [0.5, 0.6) is 11.5 Å². The molecule has 32 heavy (non-hydrogen) atoms. The fraction of sp³-hybridized carbons (Fsp3) is 0.273. The Morgan fingerprint density at radius 2 is 1.75 bits per heavy atom. The van der Waals surface area contributed by atoms with Gasteiger partial charge >= 0.3 is 0 Å². The van der Waals surface area contributed by atoms with Crippen molar-refractivity contribution in [1.29, 1.82) is 0 Å². The van der Waals surface area contributed by atoms with Gasteiger partial charge in [-0.3, -0.25) is 14.9 Å². The number of rotatable bonds is 11. The van der Waals surface area contributed by atoms with Crippen molar-refractivity contribution in [3.8, 4) is 11.5 Å². The summed E-state index contributed by atoms with van der Waals surface area (Å²) in [6, 6.07) is 14.7. The maximum absolute atomic E-state index is 12.6. The quantitative estimate of drug-likeness (QED) is 0.321. The number of amides is 2. The average Bonchev–Trinajstić information content (AvgIpc) is 3.25. The minimum Gasteiger partial charge on any atom is -0.490 e. The number of nitrogens with zero attached hydrogens (tertiary/aromatic N) is 2. The van der Waals surface area contributed by atoms with E-state index in [2.05, 4.69) is 20.8 Å². The van der Waals surface area contributed by atoms with Crippen LogP contribution in [0, 0.1) is 0 Å². The Morgan fingerprint density at radius 1 is 1.00 bits per heavy atom. The molecule has 2 aromatic carbocycles. The molecule has 8 nitrogen and oxygen atoms in total. The summed E-state index contributed by atoms with van der Waals surface area (Å²) in [4.78, 5) is 24.6. The molecule has 0 unspecified atom stereocenters. The minimum atomic E-state index is -0.331. The molecule has 0 aliphatic heterocycles. The van der Waals surface area contributed by atoms with E-state index in [1.165, 1.54) is 23.1 Å². The molecular weight excluding hydrogens is 448 g/mol. The Bertz CT molecular complexity index is 1040. The average molecular weight is 473 g/mol. The first-order valence-electron chi connectivity index (χ1n) is 10.1. The van der Waals surface area contributed by atoms with Crippen molar-refractivity contribution in [3.05, 3.63) is 59.7 Å². The molecule has 3 aromatic rings. The molecule has 0 spiro atoms. The molecule has 0 aliphatic rings. The Kier molecular flexibility index (Phi) is 8.88. The van der Waals surface area contributed by atoms with Gasteiger partial charge in [0, 0.05) is 12.1 Å². The van der Waals surface area contributed by atoms with Crippen molar-refractivity contribution in [2.75, 3.05) is 24.3 Å². The van der Waals surface area contributed by atoms with E-state index in [4.69, 9.17) is 9.47 Å². The normalized spacial score (nSPS) is 10.4. The highest BCUT2D eigenvalue weighted by molar-refractivity contribution is 8.01. The van der Waals surface area contributed by atoms with Gasteiger partial charge in [-0.05, 0) is 37.6 Å². The standard InChI is InChI=1S/C22H24N4O4S2/c1-3-29-17-11-10-16(12-18(17)30-4-2)20(28)24-21-25-26-22(32-21)31-14-19(27)23-13-15-8-6-5-7-9-15/h5-12H,3-4,13-14H2,1-2H3,(H,23,27)(H,24,25,28). The first-order chi connectivity index (χ1) is 15.6. The Labute approximate surface area is 194 Å². The lowest BCUT2D eigenvalue weighted by Crippen LogP contribution is -2.24. The molecule has 0 bridgehead atoms. The van der Waals surface area contributed by atoms with Crippen LogP contribution >= 0.6 is 23.1 Å². The zero-order valence-corrected chi connectivity index (χ0v) is 19.4. The zero-order chi connectivity index (χ0) is 22.8. The van der Waals surface area contributed by atoms with Gasteiger partial charge in [0.05, 0.1) is 19.0 Å². The fourth-order valence-electron chi connectivity index (χ4n) is 2.66. The topological polar surface area (TPSA) is 102 Å². The van der Waals surface area contributed by atoms with Gasteiger partial charge < -0.3 is 14.8 Å². The molecule has 0 radical (unpaired) electrons. The van der Waals surface area contributed by atoms with Gasteiger partial charge in [0.2, 0.25) is 11.0 Å². The molecule has 2 N–H and O–H groups in total. The Morgan fingerprint density at radius 3 is 2.50 bits per heavy atom. The van der Waals surface area contributed by atoms with E-state index in [0.717, 1.165) is 5.56 Å². The maximum atomic E-state index is 12.6. The fourth-order valence-corrected chi connectivity index (χ4v) is 4.23. The molecule has 2 amide bonds. The van der Waals surface area contributed by atoms with Gasteiger partial charge in [0.1, 0.15) is 0 Å². The maximum Gasteiger partial charge on any atom is 0.257 e. The van der Waals surface area contributed by atoms with E-state index < -0.39 is 0 Å². The van der Waals surface area contributed by atoms with Crippen LogP contribution < -0.4 is 20.1 Å². The van der Waals surface area contributed by atoms with E-state index >= 15 is 0 Å². The van der Waals surface area contributed by atoms with Crippen molar-refractivity contribution in [2.24, 2.45) is 0 Å². The van der Waals surface area contributed by atoms with Gasteiger partial charge in [-0.25, -0.2) is 0 Å². The number of carbonyl (C=O) groups excluding carboxylic acids is 2. The third kappa shape index (κ3) is 6.96. The lowest BCUT2D eigenvalue weighted by molar-refractivity contribution is -0.118. The van der Waals surface area contributed by atoms with Gasteiger partial charge in [0.15, 0.2) is 15.8 Å². The van der Waals surface area contributed by atoms with Crippen LogP contribution in [0.4, 0.5) is 5.13 Å². The van der Waals surface area contributed by atoms with Crippen LogP contribution in [-0.4, -0.2) is 41.0 Å². The lowest BCUT2D eigenvalue weighted by Gasteiger charge is -2.12. The van der Waals surface area contributed by atoms with Crippen molar-refractivity contribution in [3.63, 3.8) is 0 Å². The van der Waals surface area contributed by atoms with E-state index in [1.54, 1.807) is 18.2 Å². The summed E-state index contributed by atoms with van der Waals surface area (Å²) in [5.74, 6) is 0.884. The van der Waals surface area contributed by atoms with Crippen LogP contribution in [0.15, 0.2) is 52.9 Å². The molecule has 3 rings (SSSR count). The summed E-state index contributed by atoms with van der Waals surface area (Å²) >= 11 is 2.48. The minimum absolute atomic E-state index is 0.0996. The van der Waals surface area contributed by atoms with Crippen LogP contribution in [0.25, 0.3) is 0 Å². The van der Waals surface area contributed by atoms with Gasteiger partial charge in [-0.2, -0.15) is 0 Å². The number of anilines is 1. The van der Waals surface area contributed by atoms with E-state index in [9.17, 15) is 9.59 Å². The number of carbonyl (C=O) groups is 2.